The molecule has 0 saturated carbocycles. The van der Waals surface area contributed by atoms with E-state index in [4.69, 9.17) is 4.74 Å². The van der Waals surface area contributed by atoms with Crippen LogP contribution in [0.5, 0.6) is 5.75 Å². The van der Waals surface area contributed by atoms with Gasteiger partial charge in [0.05, 0.1) is 24.0 Å². The molecule has 1 aromatic heterocycles. The molecule has 2 aromatic carbocycles. The monoisotopic (exact) mass is 442 g/mol. The Bertz CT molecular complexity index is 1200. The second kappa shape index (κ2) is 8.36. The molecule has 0 aliphatic carbocycles. The predicted octanol–water partition coefficient (Wildman–Crippen LogP) is 3.55. The molecule has 0 unspecified atom stereocenters. The molecule has 0 bridgehead atoms. The molecule has 2 heterocycles. The van der Waals surface area contributed by atoms with E-state index in [-0.39, 0.29) is 23.3 Å². The molecule has 0 radical (unpaired) electrons. The smallest absolute Gasteiger partial charge is 0.307 e. The van der Waals surface area contributed by atoms with Crippen molar-refractivity contribution in [3.05, 3.63) is 60.3 Å². The molecule has 0 amide bonds. The molecule has 31 heavy (non-hydrogen) atoms. The summed E-state index contributed by atoms with van der Waals surface area (Å²) in [5, 5.41) is 10.2. The van der Waals surface area contributed by atoms with E-state index in [1.54, 1.807) is 24.3 Å². The highest BCUT2D eigenvalue weighted by molar-refractivity contribution is 7.89. The molecular weight excluding hydrogens is 416 g/mol. The van der Waals surface area contributed by atoms with Crippen molar-refractivity contribution in [2.24, 2.45) is 5.92 Å². The Morgan fingerprint density at radius 1 is 1.13 bits per heavy atom. The summed E-state index contributed by atoms with van der Waals surface area (Å²) in [7, 11) is -3.64. The van der Waals surface area contributed by atoms with Crippen molar-refractivity contribution in [2.75, 3.05) is 19.7 Å². The third-order valence-electron chi connectivity index (χ3n) is 5.83. The van der Waals surface area contributed by atoms with E-state index in [0.29, 0.717) is 25.4 Å². The van der Waals surface area contributed by atoms with Crippen molar-refractivity contribution in [2.45, 2.75) is 31.2 Å². The van der Waals surface area contributed by atoms with Gasteiger partial charge in [-0.05, 0) is 48.7 Å². The van der Waals surface area contributed by atoms with Crippen LogP contribution in [0, 0.1) is 5.92 Å². The number of hydrogen-bond acceptors (Lipinski definition) is 4. The van der Waals surface area contributed by atoms with Crippen LogP contribution in [-0.4, -0.2) is 48.1 Å². The van der Waals surface area contributed by atoms with Crippen LogP contribution in [0.1, 0.15) is 25.5 Å². The molecule has 4 rings (SSSR count). The zero-order valence-corrected chi connectivity index (χ0v) is 18.4. The highest BCUT2D eigenvalue weighted by Crippen LogP contribution is 2.36. The molecule has 1 fully saturated rings. The van der Waals surface area contributed by atoms with E-state index in [1.165, 1.54) is 4.31 Å². The van der Waals surface area contributed by atoms with Gasteiger partial charge in [0.25, 0.3) is 0 Å². The molecular formula is C23H26N2O5S. The van der Waals surface area contributed by atoms with Gasteiger partial charge in [-0.3, -0.25) is 4.79 Å². The number of carboxylic acids is 1. The summed E-state index contributed by atoms with van der Waals surface area (Å²) in [5.41, 5.74) is 1.67. The number of para-hydroxylation sites is 1. The van der Waals surface area contributed by atoms with Crippen LogP contribution >= 0.6 is 0 Å². The first-order valence-electron chi connectivity index (χ1n) is 10.3. The third-order valence-corrected chi connectivity index (χ3v) is 7.68. The highest BCUT2D eigenvalue weighted by atomic mass is 32.2. The number of rotatable bonds is 7. The Labute approximate surface area is 181 Å². The van der Waals surface area contributed by atoms with Gasteiger partial charge >= 0.3 is 5.97 Å². The number of sulfonamides is 1. The van der Waals surface area contributed by atoms with Crippen molar-refractivity contribution in [1.29, 1.82) is 0 Å². The second-order valence-corrected chi connectivity index (χ2v) is 9.86. The fourth-order valence-corrected chi connectivity index (χ4v) is 5.90. The SMILES string of the molecule is CCOc1ccc(S(=O)(=O)N2C[C@@H](C)[C@@H](n3cc(CC(=O)O)c4ccccc43)C2)cc1. The largest absolute Gasteiger partial charge is 0.494 e. The molecule has 1 aliphatic heterocycles. The minimum atomic E-state index is -3.64. The maximum absolute atomic E-state index is 13.2. The number of carboxylic acid groups (broad SMARTS) is 1. The summed E-state index contributed by atoms with van der Waals surface area (Å²) in [5.74, 6) is -0.174. The molecule has 0 spiro atoms. The van der Waals surface area contributed by atoms with Crippen LogP contribution in [0.4, 0.5) is 0 Å². The van der Waals surface area contributed by atoms with Crippen LogP contribution in [0.15, 0.2) is 59.6 Å². The van der Waals surface area contributed by atoms with Crippen molar-refractivity contribution < 1.29 is 23.1 Å². The van der Waals surface area contributed by atoms with Gasteiger partial charge in [-0.1, -0.05) is 25.1 Å². The van der Waals surface area contributed by atoms with E-state index < -0.39 is 16.0 Å². The molecule has 1 aliphatic rings. The predicted molar refractivity (Wildman–Crippen MR) is 118 cm³/mol. The quantitative estimate of drug-likeness (QED) is 0.605. The Morgan fingerprint density at radius 2 is 1.84 bits per heavy atom. The van der Waals surface area contributed by atoms with Crippen LogP contribution in [-0.2, 0) is 21.2 Å². The van der Waals surface area contributed by atoms with E-state index in [1.807, 2.05) is 48.9 Å². The van der Waals surface area contributed by atoms with Gasteiger partial charge < -0.3 is 14.4 Å². The first-order valence-corrected chi connectivity index (χ1v) is 11.8. The topological polar surface area (TPSA) is 88.8 Å². The lowest BCUT2D eigenvalue weighted by atomic mass is 10.1. The lowest BCUT2D eigenvalue weighted by molar-refractivity contribution is -0.136. The first kappa shape index (κ1) is 21.4. The fraction of sp³-hybridized carbons (Fsp3) is 0.348. The number of ether oxygens (including phenoxy) is 1. The minimum Gasteiger partial charge on any atom is -0.494 e. The van der Waals surface area contributed by atoms with E-state index >= 15 is 0 Å². The van der Waals surface area contributed by atoms with Gasteiger partial charge in [0.2, 0.25) is 10.0 Å². The Hall–Kier alpha value is -2.84. The summed E-state index contributed by atoms with van der Waals surface area (Å²) in [6.07, 6.45) is 1.80. The molecule has 2 atom stereocenters. The van der Waals surface area contributed by atoms with Crippen molar-refractivity contribution >= 4 is 26.9 Å². The maximum Gasteiger partial charge on any atom is 0.307 e. The molecule has 1 N–H and O–H groups in total. The number of fused-ring (bicyclic) bond motifs is 1. The van der Waals surface area contributed by atoms with Gasteiger partial charge in [0, 0.05) is 30.2 Å². The number of nitrogens with zero attached hydrogens (tertiary/aromatic N) is 2. The molecule has 7 nitrogen and oxygen atoms in total. The summed E-state index contributed by atoms with van der Waals surface area (Å²) in [6.45, 7) is 5.17. The van der Waals surface area contributed by atoms with Gasteiger partial charge in [0.1, 0.15) is 5.75 Å². The Kier molecular flexibility index (Phi) is 5.77. The maximum atomic E-state index is 13.2. The average Bonchev–Trinajstić information content (AvgIpc) is 3.29. The lowest BCUT2D eigenvalue weighted by Crippen LogP contribution is -2.29. The van der Waals surface area contributed by atoms with E-state index in [9.17, 15) is 18.3 Å². The summed E-state index contributed by atoms with van der Waals surface area (Å²) in [6, 6.07) is 14.1. The number of aliphatic carboxylic acids is 1. The van der Waals surface area contributed by atoms with Crippen LogP contribution in [0.2, 0.25) is 0 Å². The summed E-state index contributed by atoms with van der Waals surface area (Å²) < 4.78 is 35.5. The Balaban J connectivity index is 1.64. The highest BCUT2D eigenvalue weighted by Gasteiger charge is 2.38. The molecule has 1 saturated heterocycles. The summed E-state index contributed by atoms with van der Waals surface area (Å²) in [4.78, 5) is 11.6. The van der Waals surface area contributed by atoms with Gasteiger partial charge in [-0.25, -0.2) is 8.42 Å². The van der Waals surface area contributed by atoms with Crippen LogP contribution in [0.3, 0.4) is 0 Å². The van der Waals surface area contributed by atoms with Crippen molar-refractivity contribution in [3.8, 4) is 5.75 Å². The van der Waals surface area contributed by atoms with Gasteiger partial charge in [-0.2, -0.15) is 4.31 Å². The number of carbonyl (C=O) groups is 1. The van der Waals surface area contributed by atoms with Crippen molar-refractivity contribution in [3.63, 3.8) is 0 Å². The third kappa shape index (κ3) is 4.05. The zero-order valence-electron chi connectivity index (χ0n) is 17.6. The Morgan fingerprint density at radius 3 is 2.52 bits per heavy atom. The average molecular weight is 443 g/mol. The fourth-order valence-electron chi connectivity index (χ4n) is 4.34. The molecule has 3 aromatic rings. The minimum absolute atomic E-state index is 0.0667. The zero-order chi connectivity index (χ0) is 22.2. The normalized spacial score (nSPS) is 19.7. The number of hydrogen-bond donors (Lipinski definition) is 1. The number of benzene rings is 2. The van der Waals surface area contributed by atoms with E-state index in [0.717, 1.165) is 16.5 Å². The molecule has 8 heteroatoms. The van der Waals surface area contributed by atoms with Crippen molar-refractivity contribution in [1.82, 2.24) is 8.87 Å². The molecule has 164 valence electrons. The standard InChI is InChI=1S/C23H26N2O5S/c1-3-30-18-8-10-19(11-9-18)31(28,29)24-13-16(2)22(15-24)25-14-17(12-23(26)27)20-6-4-5-7-21(20)25/h4-11,14,16,22H,3,12-13,15H2,1-2H3,(H,26,27)/t16-,22+/m1/s1. The van der Waals surface area contributed by atoms with Crippen LogP contribution < -0.4 is 4.74 Å². The second-order valence-electron chi connectivity index (χ2n) is 7.92. The summed E-state index contributed by atoms with van der Waals surface area (Å²) >= 11 is 0. The lowest BCUT2D eigenvalue weighted by Gasteiger charge is -2.19. The first-order chi connectivity index (χ1) is 14.8. The van der Waals surface area contributed by atoms with E-state index in [2.05, 4.69) is 0 Å². The van der Waals surface area contributed by atoms with Gasteiger partial charge in [0.15, 0.2) is 0 Å². The van der Waals surface area contributed by atoms with Gasteiger partial charge in [-0.15, -0.1) is 0 Å². The van der Waals surface area contributed by atoms with Crippen LogP contribution in [0.25, 0.3) is 10.9 Å². The number of aromatic nitrogens is 1.